The predicted octanol–water partition coefficient (Wildman–Crippen LogP) is 1.71. The highest BCUT2D eigenvalue weighted by Crippen LogP contribution is 2.52. The second-order valence-corrected chi connectivity index (χ2v) is 8.52. The van der Waals surface area contributed by atoms with Crippen LogP contribution in [0.5, 0.6) is 0 Å². The van der Waals surface area contributed by atoms with Gasteiger partial charge in [-0.1, -0.05) is 0 Å². The van der Waals surface area contributed by atoms with Crippen LogP contribution < -0.4 is 5.73 Å². The van der Waals surface area contributed by atoms with Crippen molar-refractivity contribution in [1.82, 2.24) is 4.31 Å². The fraction of sp³-hybridized carbons (Fsp3) is 0.500. The molecule has 0 saturated heterocycles. The summed E-state index contributed by atoms with van der Waals surface area (Å²) in [5, 5.41) is 9.23. The monoisotopic (exact) mass is 392 g/mol. The summed E-state index contributed by atoms with van der Waals surface area (Å²) in [6.45, 7) is 0. The quantitative estimate of drug-likeness (QED) is 0.607. The lowest BCUT2D eigenvalue weighted by molar-refractivity contribution is -0.385. The van der Waals surface area contributed by atoms with Gasteiger partial charge in [-0.15, -0.1) is 0 Å². The summed E-state index contributed by atoms with van der Waals surface area (Å²) in [6.07, 6.45) is -2.35. The van der Waals surface area contributed by atoms with Crippen molar-refractivity contribution in [3.05, 3.63) is 39.7 Å². The van der Waals surface area contributed by atoms with E-state index < -0.39 is 73.9 Å². The van der Waals surface area contributed by atoms with Crippen LogP contribution in [-0.2, 0) is 15.6 Å². The minimum absolute atomic E-state index is 0.424. The highest BCUT2D eigenvalue weighted by atomic mass is 32.2. The molecule has 1 aliphatic carbocycles. The molecule has 0 spiro atoms. The van der Waals surface area contributed by atoms with Crippen LogP contribution in [0.4, 0.5) is 18.9 Å². The molecule has 0 aromatic heterocycles. The van der Waals surface area contributed by atoms with E-state index in [1.165, 1.54) is 0 Å². The van der Waals surface area contributed by atoms with Gasteiger partial charge in [-0.3, -0.25) is 10.1 Å². The summed E-state index contributed by atoms with van der Waals surface area (Å²) in [5.41, 5.74) is 2.77. The Labute approximate surface area is 146 Å². The van der Waals surface area contributed by atoms with Gasteiger partial charge in [0.1, 0.15) is 16.6 Å². The zero-order valence-corrected chi connectivity index (χ0v) is 14.3. The number of aliphatic imine (C=N–C) groups is 1. The molecule has 1 aliphatic heterocycles. The number of guanidine groups is 1. The maximum absolute atomic E-state index is 14.5. The van der Waals surface area contributed by atoms with Crippen LogP contribution in [-0.4, -0.2) is 41.8 Å². The number of alkyl halides is 2. The first-order valence-corrected chi connectivity index (χ1v) is 9.06. The van der Waals surface area contributed by atoms with Crippen LogP contribution in [0, 0.1) is 15.9 Å². The Morgan fingerprint density at radius 3 is 2.65 bits per heavy atom. The lowest BCUT2D eigenvalue weighted by Gasteiger charge is -2.47. The summed E-state index contributed by atoms with van der Waals surface area (Å²) in [5.74, 6) is -4.75. The summed E-state index contributed by atoms with van der Waals surface area (Å²) in [7, 11) is -3.31. The van der Waals surface area contributed by atoms with Crippen molar-refractivity contribution >= 4 is 21.7 Å². The first-order chi connectivity index (χ1) is 11.9. The smallest absolute Gasteiger partial charge is 0.270 e. The maximum Gasteiger partial charge on any atom is 0.270 e. The zero-order valence-electron chi connectivity index (χ0n) is 13.5. The minimum Gasteiger partial charge on any atom is -0.369 e. The van der Waals surface area contributed by atoms with Gasteiger partial charge in [0.15, 0.2) is 0 Å². The van der Waals surface area contributed by atoms with Crippen molar-refractivity contribution < 1.29 is 26.5 Å². The normalized spacial score (nSPS) is 29.6. The van der Waals surface area contributed by atoms with E-state index in [1.807, 2.05) is 0 Å². The largest absolute Gasteiger partial charge is 0.369 e. The van der Waals surface area contributed by atoms with Crippen LogP contribution in [0.3, 0.4) is 0 Å². The molecule has 0 amide bonds. The number of nitro groups is 1. The molecule has 1 saturated carbocycles. The van der Waals surface area contributed by atoms with Gasteiger partial charge in [0.05, 0.1) is 4.92 Å². The maximum atomic E-state index is 14.5. The molecule has 1 aromatic carbocycles. The summed E-state index contributed by atoms with van der Waals surface area (Å²) >= 11 is 0. The minimum atomic E-state index is -4.38. The number of hydrogen-bond donors (Lipinski definition) is 1. The molecule has 0 bridgehead atoms. The van der Waals surface area contributed by atoms with Crippen molar-refractivity contribution in [2.45, 2.75) is 36.0 Å². The molecule has 1 heterocycles. The van der Waals surface area contributed by atoms with Crippen molar-refractivity contribution in [3.8, 4) is 0 Å². The van der Waals surface area contributed by atoms with Crippen LogP contribution in [0.1, 0.15) is 24.8 Å². The average molecular weight is 392 g/mol. The number of nitrogens with zero attached hydrogens (tertiary/aromatic N) is 3. The molecule has 2 unspecified atom stereocenters. The number of rotatable bonds is 2. The van der Waals surface area contributed by atoms with Crippen molar-refractivity contribution in [3.63, 3.8) is 0 Å². The number of hydrogen-bond acceptors (Lipinski definition) is 6. The first-order valence-electron chi connectivity index (χ1n) is 7.56. The van der Waals surface area contributed by atoms with Gasteiger partial charge in [0, 0.05) is 37.6 Å². The standard InChI is InChI=1S/C14H15F3N4O4S/c1-20-12(18)19-14(9-6-8(21(22)23)2-3-10(9)15)5-4-13(16,17)7-11(14)26(20,24)25/h2-3,6,11H,4-5,7H2,1H3,(H2,18,19). The molecule has 2 N–H and O–H groups in total. The van der Waals surface area contributed by atoms with Gasteiger partial charge in [-0.25, -0.2) is 30.9 Å². The van der Waals surface area contributed by atoms with E-state index in [2.05, 4.69) is 4.99 Å². The molecule has 1 aromatic rings. The number of fused-ring (bicyclic) bond motifs is 1. The molecule has 3 rings (SSSR count). The fourth-order valence-electron chi connectivity index (χ4n) is 3.48. The molecular weight excluding hydrogens is 377 g/mol. The number of nitrogens with two attached hydrogens (primary N) is 1. The fourth-order valence-corrected chi connectivity index (χ4v) is 5.41. The van der Waals surface area contributed by atoms with Crippen LogP contribution >= 0.6 is 0 Å². The number of nitro benzene ring substituents is 1. The van der Waals surface area contributed by atoms with Gasteiger partial charge in [0.2, 0.25) is 21.9 Å². The zero-order chi connectivity index (χ0) is 19.5. The van der Waals surface area contributed by atoms with Gasteiger partial charge in [-0.2, -0.15) is 0 Å². The third-order valence-corrected chi connectivity index (χ3v) is 7.12. The highest BCUT2D eigenvalue weighted by molar-refractivity contribution is 7.90. The molecule has 0 radical (unpaired) electrons. The van der Waals surface area contributed by atoms with E-state index in [4.69, 9.17) is 5.73 Å². The van der Waals surface area contributed by atoms with Crippen LogP contribution in [0.15, 0.2) is 23.2 Å². The predicted molar refractivity (Wildman–Crippen MR) is 85.6 cm³/mol. The van der Waals surface area contributed by atoms with Gasteiger partial charge < -0.3 is 5.73 Å². The second-order valence-electron chi connectivity index (χ2n) is 6.38. The molecule has 26 heavy (non-hydrogen) atoms. The average Bonchev–Trinajstić information content (AvgIpc) is 2.54. The second kappa shape index (κ2) is 5.56. The molecular formula is C14H15F3N4O4S. The molecule has 2 atom stereocenters. The summed E-state index contributed by atoms with van der Waals surface area (Å²) in [4.78, 5) is 14.3. The van der Waals surface area contributed by atoms with Gasteiger partial charge in [-0.05, 0) is 12.5 Å². The number of non-ortho nitro benzene ring substituents is 1. The van der Waals surface area contributed by atoms with Crippen molar-refractivity contribution in [2.75, 3.05) is 7.05 Å². The third kappa shape index (κ3) is 2.59. The number of sulfonamides is 1. The molecule has 1 fully saturated rings. The van der Waals surface area contributed by atoms with E-state index in [-0.39, 0.29) is 0 Å². The van der Waals surface area contributed by atoms with Crippen LogP contribution in [0.25, 0.3) is 0 Å². The summed E-state index contributed by atoms with van der Waals surface area (Å²) < 4.78 is 68.5. The van der Waals surface area contributed by atoms with E-state index in [0.29, 0.717) is 4.31 Å². The highest BCUT2D eigenvalue weighted by Gasteiger charge is 2.61. The Kier molecular flexibility index (Phi) is 3.94. The van der Waals surface area contributed by atoms with Crippen LogP contribution in [0.2, 0.25) is 0 Å². The third-order valence-electron chi connectivity index (χ3n) is 4.89. The van der Waals surface area contributed by atoms with Gasteiger partial charge in [0.25, 0.3) is 5.69 Å². The first kappa shape index (κ1) is 18.4. The lowest BCUT2D eigenvalue weighted by atomic mass is 9.74. The molecule has 2 aliphatic rings. The Hall–Kier alpha value is -2.37. The Morgan fingerprint density at radius 1 is 1.38 bits per heavy atom. The molecule has 8 nitrogen and oxygen atoms in total. The van der Waals surface area contributed by atoms with E-state index in [1.54, 1.807) is 0 Å². The Bertz CT molecular complexity index is 921. The van der Waals surface area contributed by atoms with Gasteiger partial charge >= 0.3 is 0 Å². The Balaban J connectivity index is 2.31. The lowest BCUT2D eigenvalue weighted by Crippen LogP contribution is -2.61. The molecule has 12 heteroatoms. The summed E-state index contributed by atoms with van der Waals surface area (Å²) in [6, 6.07) is 2.53. The SMILES string of the molecule is CN1C(N)=NC2(c3cc([N+](=O)[O-])ccc3F)CCC(F)(F)CC2S1(=O)=O. The Morgan fingerprint density at radius 2 is 2.04 bits per heavy atom. The van der Waals surface area contributed by atoms with E-state index in [9.17, 15) is 31.7 Å². The van der Waals surface area contributed by atoms with E-state index >= 15 is 0 Å². The topological polar surface area (TPSA) is 119 Å². The van der Waals surface area contributed by atoms with Crippen molar-refractivity contribution in [1.29, 1.82) is 0 Å². The molecule has 142 valence electrons. The van der Waals surface area contributed by atoms with E-state index in [0.717, 1.165) is 25.2 Å². The number of benzene rings is 1. The van der Waals surface area contributed by atoms with Crippen molar-refractivity contribution in [2.24, 2.45) is 10.7 Å². The number of halogens is 3.